The van der Waals surface area contributed by atoms with Crippen LogP contribution in [0.3, 0.4) is 0 Å². The van der Waals surface area contributed by atoms with Crippen molar-refractivity contribution < 1.29 is 13.2 Å². The third-order valence-corrected chi connectivity index (χ3v) is 9.22. The number of nitrogens with zero attached hydrogens (tertiary/aromatic N) is 4. The van der Waals surface area contributed by atoms with E-state index in [1.54, 1.807) is 36.7 Å². The number of benzene rings is 3. The number of hydrogen-bond donors (Lipinski definition) is 2. The molecule has 2 N–H and O–H groups in total. The first-order valence-corrected chi connectivity index (χ1v) is 16.4. The molecule has 0 radical (unpaired) electrons. The largest absolute Gasteiger partial charge is 0.437 e. The van der Waals surface area contributed by atoms with E-state index in [2.05, 4.69) is 26.7 Å². The lowest BCUT2D eigenvalue weighted by atomic mass is 10.0. The Labute approximate surface area is 256 Å². The molecule has 0 amide bonds. The summed E-state index contributed by atoms with van der Waals surface area (Å²) in [6.07, 6.45) is 5.55. The molecule has 0 saturated carbocycles. The molecule has 0 aliphatic carbocycles. The van der Waals surface area contributed by atoms with E-state index in [-0.39, 0.29) is 17.5 Å². The van der Waals surface area contributed by atoms with E-state index in [1.165, 1.54) is 0 Å². The van der Waals surface area contributed by atoms with Gasteiger partial charge in [0.2, 0.25) is 11.8 Å². The van der Waals surface area contributed by atoms with Crippen molar-refractivity contribution in [3.05, 3.63) is 107 Å². The van der Waals surface area contributed by atoms with Crippen LogP contribution in [0.25, 0.3) is 22.0 Å². The van der Waals surface area contributed by atoms with Crippen LogP contribution in [-0.2, 0) is 21.3 Å². The number of pyridine rings is 1. The van der Waals surface area contributed by atoms with Crippen molar-refractivity contribution in [3.63, 3.8) is 0 Å². The monoisotopic (exact) mass is 604 g/mol. The summed E-state index contributed by atoms with van der Waals surface area (Å²) in [5.41, 5.74) is 3.79. The summed E-state index contributed by atoms with van der Waals surface area (Å²) < 4.78 is 33.1. The lowest BCUT2D eigenvalue weighted by Gasteiger charge is -2.23. The van der Waals surface area contributed by atoms with Crippen molar-refractivity contribution in [2.75, 3.05) is 18.4 Å². The van der Waals surface area contributed by atoms with Crippen molar-refractivity contribution in [1.29, 1.82) is 5.26 Å². The molecule has 0 unspecified atom stereocenters. The zero-order chi connectivity index (χ0) is 30.5. The van der Waals surface area contributed by atoms with E-state index in [9.17, 15) is 13.7 Å². The third-order valence-electron chi connectivity index (χ3n) is 7.72. The molecular weight excluding hydrogens is 572 g/mol. The number of hydrogen-bond acceptors (Lipinski definition) is 9. The molecule has 3 heterocycles. The maximum atomic E-state index is 13.3. The number of piperidine rings is 1. The standard InChI is InChI=1S/C34H32N6O3S/c1-23-13-14-28-26(22-44(41,42)21-25-8-3-2-7-24(25)19-35)9-4-11-29(28)32(23)43-33-30(12-6-17-37-33)31-15-18-38-34(40-31)39-27-10-5-16-36-20-27/h2-4,6-9,11-15,17-18,27,36H,5,10,16,20-22H2,1H3,(H,38,39,40)/t27-/m0/s1. The maximum Gasteiger partial charge on any atom is 0.228 e. The zero-order valence-electron chi connectivity index (χ0n) is 24.3. The van der Waals surface area contributed by atoms with Crippen LogP contribution in [0.5, 0.6) is 11.6 Å². The van der Waals surface area contributed by atoms with E-state index < -0.39 is 9.84 Å². The minimum absolute atomic E-state index is 0.172. The second-order valence-corrected chi connectivity index (χ2v) is 13.0. The minimum atomic E-state index is -3.58. The number of rotatable bonds is 9. The van der Waals surface area contributed by atoms with Crippen LogP contribution in [0, 0.1) is 18.3 Å². The van der Waals surface area contributed by atoms with Gasteiger partial charge in [-0.25, -0.2) is 23.4 Å². The molecule has 10 heteroatoms. The summed E-state index contributed by atoms with van der Waals surface area (Å²) in [6, 6.07) is 24.1. The molecule has 1 fully saturated rings. The number of aromatic nitrogens is 3. The van der Waals surface area contributed by atoms with Gasteiger partial charge in [-0.15, -0.1) is 0 Å². The molecule has 1 aliphatic rings. The first-order chi connectivity index (χ1) is 21.4. The highest BCUT2D eigenvalue weighted by Crippen LogP contribution is 2.38. The van der Waals surface area contributed by atoms with Crippen molar-refractivity contribution in [3.8, 4) is 29.0 Å². The Hall–Kier alpha value is -4.85. The first kappa shape index (κ1) is 29.2. The third kappa shape index (κ3) is 6.54. The quantitative estimate of drug-likeness (QED) is 0.210. The summed E-state index contributed by atoms with van der Waals surface area (Å²) >= 11 is 0. The van der Waals surface area contributed by atoms with E-state index >= 15 is 0 Å². The van der Waals surface area contributed by atoms with E-state index in [0.717, 1.165) is 42.3 Å². The predicted molar refractivity (Wildman–Crippen MR) is 171 cm³/mol. The SMILES string of the molecule is Cc1ccc2c(CS(=O)(=O)Cc3ccccc3C#N)cccc2c1Oc1ncccc1-c1ccnc(N[C@H]2CCCNC2)n1. The smallest absolute Gasteiger partial charge is 0.228 e. The molecule has 44 heavy (non-hydrogen) atoms. The molecular formula is C34H32N6O3S. The molecule has 2 aromatic heterocycles. The molecule has 1 aliphatic heterocycles. The Bertz CT molecular complexity index is 1970. The van der Waals surface area contributed by atoms with Gasteiger partial charge in [-0.2, -0.15) is 5.26 Å². The van der Waals surface area contributed by atoms with E-state index in [4.69, 9.17) is 9.72 Å². The van der Waals surface area contributed by atoms with Crippen LogP contribution < -0.4 is 15.4 Å². The van der Waals surface area contributed by atoms with Gasteiger partial charge in [0, 0.05) is 30.4 Å². The molecule has 9 nitrogen and oxygen atoms in total. The summed E-state index contributed by atoms with van der Waals surface area (Å²) in [4.78, 5) is 13.7. The summed E-state index contributed by atoms with van der Waals surface area (Å²) in [7, 11) is -3.58. The Kier molecular flexibility index (Phi) is 8.50. The number of nitrogens with one attached hydrogen (secondary N) is 2. The zero-order valence-corrected chi connectivity index (χ0v) is 25.1. The second kappa shape index (κ2) is 12.8. The van der Waals surface area contributed by atoms with Crippen LogP contribution >= 0.6 is 0 Å². The number of anilines is 1. The average molecular weight is 605 g/mol. The predicted octanol–water partition coefficient (Wildman–Crippen LogP) is 5.94. The average Bonchev–Trinajstić information content (AvgIpc) is 3.03. The van der Waals surface area contributed by atoms with Gasteiger partial charge in [-0.1, -0.05) is 48.5 Å². The normalized spacial score (nSPS) is 15.0. The molecule has 6 rings (SSSR count). The van der Waals surface area contributed by atoms with Crippen LogP contribution in [0.4, 0.5) is 5.95 Å². The van der Waals surface area contributed by atoms with Crippen LogP contribution in [0.2, 0.25) is 0 Å². The highest BCUT2D eigenvalue weighted by molar-refractivity contribution is 7.89. The van der Waals surface area contributed by atoms with Crippen LogP contribution in [0.15, 0.2) is 85.2 Å². The number of nitriles is 1. The second-order valence-electron chi connectivity index (χ2n) is 10.9. The lowest BCUT2D eigenvalue weighted by Crippen LogP contribution is -2.38. The van der Waals surface area contributed by atoms with E-state index in [1.807, 2.05) is 55.5 Å². The Balaban J connectivity index is 1.30. The fraction of sp³-hybridized carbons (Fsp3) is 0.235. The lowest BCUT2D eigenvalue weighted by molar-refractivity contribution is 0.466. The Morgan fingerprint density at radius 1 is 0.955 bits per heavy atom. The summed E-state index contributed by atoms with van der Waals surface area (Å²) in [6.45, 7) is 3.84. The highest BCUT2D eigenvalue weighted by atomic mass is 32.2. The molecule has 1 atom stereocenters. The van der Waals surface area contributed by atoms with Crippen molar-refractivity contribution >= 4 is 26.6 Å². The number of aryl methyl sites for hydroxylation is 1. The summed E-state index contributed by atoms with van der Waals surface area (Å²) in [5, 5.41) is 17.8. The molecule has 0 spiro atoms. The number of sulfone groups is 1. The van der Waals surface area contributed by atoms with Gasteiger partial charge in [0.05, 0.1) is 34.4 Å². The van der Waals surface area contributed by atoms with Crippen molar-refractivity contribution in [2.24, 2.45) is 0 Å². The minimum Gasteiger partial charge on any atom is -0.437 e. The Morgan fingerprint density at radius 3 is 2.64 bits per heavy atom. The van der Waals surface area contributed by atoms with E-state index in [0.29, 0.717) is 45.5 Å². The number of ether oxygens (including phenoxy) is 1. The molecule has 5 aromatic rings. The maximum absolute atomic E-state index is 13.3. The van der Waals surface area contributed by atoms with Crippen molar-refractivity contribution in [1.82, 2.24) is 20.3 Å². The van der Waals surface area contributed by atoms with Gasteiger partial charge in [0.25, 0.3) is 0 Å². The topological polar surface area (TPSA) is 130 Å². The van der Waals surface area contributed by atoms with Gasteiger partial charge >= 0.3 is 0 Å². The Morgan fingerprint density at radius 2 is 1.80 bits per heavy atom. The highest BCUT2D eigenvalue weighted by Gasteiger charge is 2.20. The van der Waals surface area contributed by atoms with Gasteiger partial charge in [0.15, 0.2) is 9.84 Å². The molecule has 1 saturated heterocycles. The first-order valence-electron chi connectivity index (χ1n) is 14.5. The van der Waals surface area contributed by atoms with Crippen LogP contribution in [0.1, 0.15) is 35.1 Å². The fourth-order valence-electron chi connectivity index (χ4n) is 5.55. The van der Waals surface area contributed by atoms with Crippen LogP contribution in [-0.4, -0.2) is 42.5 Å². The molecule has 222 valence electrons. The van der Waals surface area contributed by atoms with Gasteiger partial charge in [-0.3, -0.25) is 0 Å². The molecule has 0 bridgehead atoms. The van der Waals surface area contributed by atoms with Crippen molar-refractivity contribution in [2.45, 2.75) is 37.3 Å². The van der Waals surface area contributed by atoms with Gasteiger partial charge in [-0.05, 0) is 72.7 Å². The fourth-order valence-corrected chi connectivity index (χ4v) is 7.10. The molecule has 3 aromatic carbocycles. The summed E-state index contributed by atoms with van der Waals surface area (Å²) in [5.74, 6) is 1.15. The number of fused-ring (bicyclic) bond motifs is 1. The van der Waals surface area contributed by atoms with Gasteiger partial charge < -0.3 is 15.4 Å². The van der Waals surface area contributed by atoms with Gasteiger partial charge in [0.1, 0.15) is 5.75 Å².